The molecule has 126 valence electrons. The van der Waals surface area contributed by atoms with Gasteiger partial charge in [0.05, 0.1) is 0 Å². The molecule has 0 unspecified atom stereocenters. The second-order valence-electron chi connectivity index (χ2n) is 6.04. The molecule has 0 fully saturated rings. The van der Waals surface area contributed by atoms with Crippen LogP contribution in [0.2, 0.25) is 0 Å². The van der Waals surface area contributed by atoms with Crippen molar-refractivity contribution in [3.8, 4) is 0 Å². The van der Waals surface area contributed by atoms with Crippen LogP contribution >= 0.6 is 15.9 Å². The lowest BCUT2D eigenvalue weighted by molar-refractivity contribution is 0.721. The number of anilines is 4. The van der Waals surface area contributed by atoms with Gasteiger partial charge in [-0.05, 0) is 35.7 Å². The number of nitrogen functional groups attached to an aromatic ring is 1. The van der Waals surface area contributed by atoms with E-state index in [1.807, 2.05) is 24.3 Å². The molecule has 0 aliphatic carbocycles. The zero-order valence-electron chi connectivity index (χ0n) is 13.6. The van der Waals surface area contributed by atoms with Crippen LogP contribution in [0.5, 0.6) is 0 Å². The monoisotopic (exact) mass is 395 g/mol. The lowest BCUT2D eigenvalue weighted by atomic mass is 10.00. The van der Waals surface area contributed by atoms with Gasteiger partial charge < -0.3 is 16.0 Å². The van der Waals surface area contributed by atoms with E-state index in [2.05, 4.69) is 60.4 Å². The van der Waals surface area contributed by atoms with Crippen molar-refractivity contribution in [1.29, 1.82) is 0 Å². The number of hydrogen-bond acceptors (Lipinski definition) is 5. The number of rotatable bonds is 3. The molecular weight excluding hydrogens is 378 g/mol. The molecule has 3 N–H and O–H groups in total. The van der Waals surface area contributed by atoms with Gasteiger partial charge in [-0.2, -0.15) is 0 Å². The van der Waals surface area contributed by atoms with Crippen LogP contribution in [0.25, 0.3) is 0 Å². The van der Waals surface area contributed by atoms with Crippen molar-refractivity contribution in [2.75, 3.05) is 22.5 Å². The van der Waals surface area contributed by atoms with Crippen LogP contribution in [0, 0.1) is 0 Å². The van der Waals surface area contributed by atoms with Gasteiger partial charge >= 0.3 is 0 Å². The molecule has 0 amide bonds. The fraction of sp³-hybridized carbons (Fsp3) is 0.158. The second kappa shape index (κ2) is 6.72. The first-order valence-electron chi connectivity index (χ1n) is 8.15. The van der Waals surface area contributed by atoms with E-state index < -0.39 is 0 Å². The normalized spacial score (nSPS) is 13.4. The SMILES string of the molecule is Nc1c(Nc2cccc(Br)c2)ncnc1N1CCc2ccccc2C1. The maximum atomic E-state index is 6.38. The van der Waals surface area contributed by atoms with Crippen molar-refractivity contribution in [3.63, 3.8) is 0 Å². The maximum Gasteiger partial charge on any atom is 0.159 e. The Bertz CT molecular complexity index is 912. The van der Waals surface area contributed by atoms with Crippen molar-refractivity contribution < 1.29 is 0 Å². The first-order valence-corrected chi connectivity index (χ1v) is 8.95. The maximum absolute atomic E-state index is 6.38. The van der Waals surface area contributed by atoms with E-state index >= 15 is 0 Å². The molecular formula is C19H18BrN5. The minimum atomic E-state index is 0.571. The molecule has 2 aromatic carbocycles. The molecule has 0 radical (unpaired) electrons. The highest BCUT2D eigenvalue weighted by molar-refractivity contribution is 9.10. The topological polar surface area (TPSA) is 67.1 Å². The molecule has 0 spiro atoms. The van der Waals surface area contributed by atoms with Gasteiger partial charge in [0.25, 0.3) is 0 Å². The van der Waals surface area contributed by atoms with Crippen LogP contribution in [-0.4, -0.2) is 16.5 Å². The predicted octanol–water partition coefficient (Wildman–Crippen LogP) is 4.13. The Kier molecular flexibility index (Phi) is 4.28. The van der Waals surface area contributed by atoms with E-state index in [-0.39, 0.29) is 0 Å². The molecule has 1 aliphatic heterocycles. The van der Waals surface area contributed by atoms with Crippen LogP contribution in [0.1, 0.15) is 11.1 Å². The van der Waals surface area contributed by atoms with E-state index in [4.69, 9.17) is 5.73 Å². The first kappa shape index (κ1) is 15.9. The van der Waals surface area contributed by atoms with Crippen LogP contribution in [0.15, 0.2) is 59.3 Å². The Morgan fingerprint density at radius 1 is 1.04 bits per heavy atom. The molecule has 4 rings (SSSR count). The fourth-order valence-electron chi connectivity index (χ4n) is 3.12. The predicted molar refractivity (Wildman–Crippen MR) is 105 cm³/mol. The van der Waals surface area contributed by atoms with E-state index in [9.17, 15) is 0 Å². The van der Waals surface area contributed by atoms with Crippen LogP contribution in [0.4, 0.5) is 23.0 Å². The highest BCUT2D eigenvalue weighted by Crippen LogP contribution is 2.32. The summed E-state index contributed by atoms with van der Waals surface area (Å²) < 4.78 is 0.998. The Labute approximate surface area is 155 Å². The molecule has 0 bridgehead atoms. The summed E-state index contributed by atoms with van der Waals surface area (Å²) in [4.78, 5) is 11.0. The van der Waals surface area contributed by atoms with Gasteiger partial charge in [0.15, 0.2) is 11.6 Å². The van der Waals surface area contributed by atoms with E-state index in [0.717, 1.165) is 35.5 Å². The third kappa shape index (κ3) is 3.30. The van der Waals surface area contributed by atoms with Gasteiger partial charge in [-0.3, -0.25) is 0 Å². The second-order valence-corrected chi connectivity index (χ2v) is 6.95. The lowest BCUT2D eigenvalue weighted by Gasteiger charge is -2.30. The van der Waals surface area contributed by atoms with Gasteiger partial charge in [-0.25, -0.2) is 9.97 Å². The quantitative estimate of drug-likeness (QED) is 0.697. The molecule has 2 heterocycles. The largest absolute Gasteiger partial charge is 0.393 e. The van der Waals surface area contributed by atoms with Crippen molar-refractivity contribution >= 4 is 38.9 Å². The van der Waals surface area contributed by atoms with E-state index in [0.29, 0.717) is 11.5 Å². The third-order valence-corrected chi connectivity index (χ3v) is 4.87. The average Bonchev–Trinajstić information content (AvgIpc) is 2.63. The summed E-state index contributed by atoms with van der Waals surface area (Å²) in [7, 11) is 0. The van der Waals surface area contributed by atoms with Gasteiger partial charge in [-0.1, -0.05) is 46.3 Å². The number of aromatic nitrogens is 2. The summed E-state index contributed by atoms with van der Waals surface area (Å²) in [6.45, 7) is 1.71. The Hall–Kier alpha value is -2.60. The van der Waals surface area contributed by atoms with Gasteiger partial charge in [0.2, 0.25) is 0 Å². The molecule has 1 aliphatic rings. The zero-order valence-corrected chi connectivity index (χ0v) is 15.2. The minimum absolute atomic E-state index is 0.571. The van der Waals surface area contributed by atoms with Gasteiger partial charge in [0.1, 0.15) is 12.0 Å². The summed E-state index contributed by atoms with van der Waals surface area (Å²) >= 11 is 3.47. The molecule has 25 heavy (non-hydrogen) atoms. The summed E-state index contributed by atoms with van der Waals surface area (Å²) in [5.41, 5.74) is 10.6. The standard InChI is InChI=1S/C19H18BrN5/c20-15-6-3-7-16(10-15)24-18-17(21)19(23-12-22-18)25-9-8-13-4-1-2-5-14(13)11-25/h1-7,10,12H,8-9,11,21H2,(H,22,23,24). The summed E-state index contributed by atoms with van der Waals surface area (Å²) in [6.07, 6.45) is 2.56. The van der Waals surface area contributed by atoms with Crippen molar-refractivity contribution in [1.82, 2.24) is 9.97 Å². The number of halogens is 1. The zero-order chi connectivity index (χ0) is 17.2. The molecule has 0 atom stereocenters. The summed E-state index contributed by atoms with van der Waals surface area (Å²) in [5, 5.41) is 3.28. The minimum Gasteiger partial charge on any atom is -0.393 e. The number of fused-ring (bicyclic) bond motifs is 1. The Morgan fingerprint density at radius 2 is 1.88 bits per heavy atom. The van der Waals surface area contributed by atoms with E-state index in [1.54, 1.807) is 6.33 Å². The lowest BCUT2D eigenvalue weighted by Crippen LogP contribution is -2.31. The molecule has 0 saturated carbocycles. The van der Waals surface area contributed by atoms with Crippen LogP contribution < -0.4 is 16.0 Å². The highest BCUT2D eigenvalue weighted by atomic mass is 79.9. The summed E-state index contributed by atoms with van der Waals surface area (Å²) in [5.74, 6) is 1.41. The third-order valence-electron chi connectivity index (χ3n) is 4.38. The van der Waals surface area contributed by atoms with Crippen molar-refractivity contribution in [3.05, 3.63) is 70.5 Å². The van der Waals surface area contributed by atoms with E-state index in [1.165, 1.54) is 11.1 Å². The Morgan fingerprint density at radius 3 is 2.72 bits per heavy atom. The number of nitrogens with two attached hydrogens (primary N) is 1. The number of benzene rings is 2. The number of nitrogens with zero attached hydrogens (tertiary/aromatic N) is 3. The van der Waals surface area contributed by atoms with Crippen molar-refractivity contribution in [2.45, 2.75) is 13.0 Å². The van der Waals surface area contributed by atoms with Crippen molar-refractivity contribution in [2.24, 2.45) is 0 Å². The molecule has 3 aromatic rings. The smallest absolute Gasteiger partial charge is 0.159 e. The molecule has 1 aromatic heterocycles. The van der Waals surface area contributed by atoms with Gasteiger partial charge in [-0.15, -0.1) is 0 Å². The van der Waals surface area contributed by atoms with Crippen LogP contribution in [0.3, 0.4) is 0 Å². The molecule has 5 nitrogen and oxygen atoms in total. The van der Waals surface area contributed by atoms with Crippen LogP contribution in [-0.2, 0) is 13.0 Å². The van der Waals surface area contributed by atoms with Gasteiger partial charge in [0, 0.05) is 23.2 Å². The first-order chi connectivity index (χ1) is 12.2. The number of nitrogens with one attached hydrogen (secondary N) is 1. The average molecular weight is 396 g/mol. The fourth-order valence-corrected chi connectivity index (χ4v) is 3.52. The molecule has 6 heteroatoms. The Balaban J connectivity index is 1.61. The molecule has 0 saturated heterocycles. The summed E-state index contributed by atoms with van der Waals surface area (Å²) in [6, 6.07) is 16.4. The highest BCUT2D eigenvalue weighted by Gasteiger charge is 2.20. The number of hydrogen-bond donors (Lipinski definition) is 2.